The van der Waals surface area contributed by atoms with Crippen molar-refractivity contribution in [2.24, 2.45) is 0 Å². The van der Waals surface area contributed by atoms with Gasteiger partial charge in [-0.15, -0.1) is 0 Å². The first kappa shape index (κ1) is 16.2. The Morgan fingerprint density at radius 1 is 0.960 bits per heavy atom. The maximum absolute atomic E-state index is 10.2. The number of aromatic nitrogens is 1. The number of hydrogen-bond acceptors (Lipinski definition) is 2. The number of fused-ring (bicyclic) bond motifs is 1. The molecular weight excluding hydrogens is 332 g/mol. The van der Waals surface area contributed by atoms with Crippen LogP contribution < -0.4 is 0 Å². The third-order valence-electron chi connectivity index (χ3n) is 4.92. The molecule has 1 aliphatic rings. The van der Waals surface area contributed by atoms with E-state index < -0.39 is 0 Å². The summed E-state index contributed by atoms with van der Waals surface area (Å²) in [6.07, 6.45) is 3.21. The van der Waals surface area contributed by atoms with Crippen LogP contribution in [0, 0.1) is 0 Å². The lowest BCUT2D eigenvalue weighted by atomic mass is 10.0. The van der Waals surface area contributed by atoms with Gasteiger partial charge in [0.05, 0.1) is 6.04 Å². The molecule has 3 aromatic rings. The summed E-state index contributed by atoms with van der Waals surface area (Å²) in [6, 6.07) is 20.0. The van der Waals surface area contributed by atoms with Gasteiger partial charge in [0.15, 0.2) is 0 Å². The molecule has 1 atom stereocenters. The predicted molar refractivity (Wildman–Crippen MR) is 101 cm³/mol. The molecule has 0 unspecified atom stereocenters. The topological polar surface area (TPSA) is 28.4 Å². The molecule has 25 heavy (non-hydrogen) atoms. The first-order valence-corrected chi connectivity index (χ1v) is 9.02. The highest BCUT2D eigenvalue weighted by Crippen LogP contribution is 2.37. The van der Waals surface area contributed by atoms with Crippen molar-refractivity contribution >= 4 is 11.6 Å². The summed E-state index contributed by atoms with van der Waals surface area (Å²) < 4.78 is 2.32. The molecule has 3 nitrogen and oxygen atoms in total. The molecule has 1 aromatic heterocycles. The molecule has 128 valence electrons. The Morgan fingerprint density at radius 2 is 1.76 bits per heavy atom. The van der Waals surface area contributed by atoms with Gasteiger partial charge < -0.3 is 9.67 Å². The fourth-order valence-electron chi connectivity index (χ4n) is 3.73. The average Bonchev–Trinajstić information content (AvgIpc) is 3.00. The molecule has 0 fully saturated rings. The van der Waals surface area contributed by atoms with Crippen LogP contribution in [0.5, 0.6) is 5.75 Å². The lowest BCUT2D eigenvalue weighted by molar-refractivity contribution is 0.218. The molecule has 0 bridgehead atoms. The highest BCUT2D eigenvalue weighted by atomic mass is 35.5. The molecule has 1 N–H and O–H groups in total. The van der Waals surface area contributed by atoms with Gasteiger partial charge in [0, 0.05) is 42.1 Å². The number of phenols is 1. The molecule has 4 heteroatoms. The summed E-state index contributed by atoms with van der Waals surface area (Å²) in [5, 5.41) is 11.0. The van der Waals surface area contributed by atoms with Crippen LogP contribution in [0.15, 0.2) is 66.9 Å². The van der Waals surface area contributed by atoms with Gasteiger partial charge in [-0.25, -0.2) is 0 Å². The Balaban J connectivity index is 1.78. The smallest absolute Gasteiger partial charge is 0.120 e. The van der Waals surface area contributed by atoms with Crippen LogP contribution in [0.4, 0.5) is 0 Å². The number of rotatable bonds is 3. The summed E-state index contributed by atoms with van der Waals surface area (Å²) in [6.45, 7) is 2.64. The van der Waals surface area contributed by atoms with Gasteiger partial charge in [-0.2, -0.15) is 0 Å². The molecular formula is C21H21ClN2O. The van der Waals surface area contributed by atoms with E-state index in [-0.39, 0.29) is 6.04 Å². The monoisotopic (exact) mass is 352 g/mol. The molecule has 0 amide bonds. The van der Waals surface area contributed by atoms with Crippen LogP contribution in [0.2, 0.25) is 5.02 Å². The van der Waals surface area contributed by atoms with Crippen molar-refractivity contribution in [2.75, 3.05) is 6.54 Å². The van der Waals surface area contributed by atoms with Crippen LogP contribution in [-0.2, 0) is 13.1 Å². The number of benzene rings is 2. The molecule has 2 aromatic carbocycles. The zero-order valence-electron chi connectivity index (χ0n) is 14.0. The van der Waals surface area contributed by atoms with E-state index in [1.807, 2.05) is 36.4 Å². The van der Waals surface area contributed by atoms with E-state index >= 15 is 0 Å². The summed E-state index contributed by atoms with van der Waals surface area (Å²) in [5.74, 6) is 0.347. The predicted octanol–water partition coefficient (Wildman–Crippen LogP) is 4.84. The van der Waals surface area contributed by atoms with Crippen molar-refractivity contribution in [2.45, 2.75) is 25.6 Å². The zero-order chi connectivity index (χ0) is 17.2. The van der Waals surface area contributed by atoms with Crippen LogP contribution in [0.3, 0.4) is 0 Å². The highest BCUT2D eigenvalue weighted by molar-refractivity contribution is 6.31. The Hall–Kier alpha value is -2.23. The molecule has 0 radical (unpaired) electrons. The summed E-state index contributed by atoms with van der Waals surface area (Å²) >= 11 is 6.56. The number of hydrogen-bond donors (Lipinski definition) is 1. The largest absolute Gasteiger partial charge is 0.508 e. The van der Waals surface area contributed by atoms with Crippen molar-refractivity contribution in [1.82, 2.24) is 9.47 Å². The fraction of sp³-hybridized carbons (Fsp3) is 0.238. The van der Waals surface area contributed by atoms with Crippen molar-refractivity contribution in [3.8, 4) is 5.75 Å². The van der Waals surface area contributed by atoms with E-state index in [0.717, 1.165) is 35.7 Å². The number of aryl methyl sites for hydroxylation is 1. The molecule has 0 aliphatic carbocycles. The van der Waals surface area contributed by atoms with Crippen molar-refractivity contribution < 1.29 is 5.11 Å². The number of aromatic hydroxyl groups is 1. The molecule has 0 spiro atoms. The van der Waals surface area contributed by atoms with E-state index in [1.165, 1.54) is 5.69 Å². The minimum atomic E-state index is 0.0748. The highest BCUT2D eigenvalue weighted by Gasteiger charge is 2.29. The second kappa shape index (κ2) is 6.95. The lowest BCUT2D eigenvalue weighted by Gasteiger charge is -2.31. The summed E-state index contributed by atoms with van der Waals surface area (Å²) in [7, 11) is 0. The van der Waals surface area contributed by atoms with Gasteiger partial charge in [-0.3, -0.25) is 4.90 Å². The Labute approximate surface area is 153 Å². The van der Waals surface area contributed by atoms with Crippen molar-refractivity contribution in [1.29, 1.82) is 0 Å². The summed E-state index contributed by atoms with van der Waals surface area (Å²) in [5.41, 5.74) is 3.31. The standard InChI is InChI=1S/C21H21ClN2O/c22-18-9-3-2-8-17(18)21-19-10-5-12-23(19)13-6-14-24(21)15-16-7-1-4-11-20(16)25/h1-5,7-12,21,25H,6,13-15H2/t21-/m0/s1. The third kappa shape index (κ3) is 3.17. The third-order valence-corrected chi connectivity index (χ3v) is 5.26. The molecule has 0 saturated carbocycles. The van der Waals surface area contributed by atoms with Crippen LogP contribution in [0.25, 0.3) is 0 Å². The zero-order valence-corrected chi connectivity index (χ0v) is 14.7. The van der Waals surface area contributed by atoms with Gasteiger partial charge in [0.25, 0.3) is 0 Å². The normalized spacial score (nSPS) is 17.9. The first-order valence-electron chi connectivity index (χ1n) is 8.64. The summed E-state index contributed by atoms with van der Waals surface area (Å²) in [4.78, 5) is 2.41. The maximum atomic E-state index is 10.2. The first-order chi connectivity index (χ1) is 12.2. The van der Waals surface area contributed by atoms with Gasteiger partial charge in [-0.1, -0.05) is 48.0 Å². The van der Waals surface area contributed by atoms with E-state index in [0.29, 0.717) is 12.3 Å². The number of phenolic OH excluding ortho intramolecular Hbond substituents is 1. The lowest BCUT2D eigenvalue weighted by Crippen LogP contribution is -2.29. The molecule has 1 aliphatic heterocycles. The van der Waals surface area contributed by atoms with Gasteiger partial charge in [-0.05, 0) is 36.2 Å². The Morgan fingerprint density at radius 3 is 2.60 bits per heavy atom. The molecule has 2 heterocycles. The molecule has 4 rings (SSSR count). The maximum Gasteiger partial charge on any atom is 0.120 e. The number of halogens is 1. The van der Waals surface area contributed by atoms with Crippen LogP contribution >= 0.6 is 11.6 Å². The van der Waals surface area contributed by atoms with Gasteiger partial charge in [0.1, 0.15) is 5.75 Å². The number of nitrogens with zero attached hydrogens (tertiary/aromatic N) is 2. The van der Waals surface area contributed by atoms with Gasteiger partial charge >= 0.3 is 0 Å². The fourth-order valence-corrected chi connectivity index (χ4v) is 3.97. The minimum Gasteiger partial charge on any atom is -0.508 e. The SMILES string of the molecule is Oc1ccccc1CN1CCCn2cccc2[C@@H]1c1ccccc1Cl. The van der Waals surface area contributed by atoms with E-state index in [4.69, 9.17) is 11.6 Å². The van der Waals surface area contributed by atoms with E-state index in [2.05, 4.69) is 33.9 Å². The van der Waals surface area contributed by atoms with E-state index in [1.54, 1.807) is 6.07 Å². The molecule has 0 saturated heterocycles. The quantitative estimate of drug-likeness (QED) is 0.730. The van der Waals surface area contributed by atoms with Crippen LogP contribution in [0.1, 0.15) is 29.3 Å². The van der Waals surface area contributed by atoms with Gasteiger partial charge in [0.2, 0.25) is 0 Å². The second-order valence-electron chi connectivity index (χ2n) is 6.50. The Kier molecular flexibility index (Phi) is 4.51. The minimum absolute atomic E-state index is 0.0748. The second-order valence-corrected chi connectivity index (χ2v) is 6.91. The van der Waals surface area contributed by atoms with Crippen molar-refractivity contribution in [3.05, 3.63) is 88.7 Å². The van der Waals surface area contributed by atoms with Crippen LogP contribution in [-0.4, -0.2) is 21.1 Å². The average molecular weight is 353 g/mol. The Bertz CT molecular complexity index is 874. The van der Waals surface area contributed by atoms with E-state index in [9.17, 15) is 5.11 Å². The van der Waals surface area contributed by atoms with Crippen molar-refractivity contribution in [3.63, 3.8) is 0 Å². The number of para-hydroxylation sites is 1.